The molecule has 0 spiro atoms. The standard InChI is InChI=1S/C21H23N3O4.C16H23N3O5.CH4/c1-14(25)15-6-4-8-17(12-15)23-19(26)10-2-3-11-20(27)24-18-9-5-7-16(13-18)21(22)28;1-2-3-17-14(22)11-8-12(15(23)18-4-6-20)10-13(9-11)16(24)19-5-7-21;/h4-9,12-13H,2-3,10-11H2,1H3,(H2,22,28)(H,23,26)(H,24,27);8-10,20-21H,2-7H2,1H3,(H,17,22)(H,18,23)(H,19,24);1H4. The van der Waals surface area contributed by atoms with Gasteiger partial charge in [0.05, 0.1) is 13.2 Å². The molecule has 0 heterocycles. The van der Waals surface area contributed by atoms with E-state index in [1.165, 1.54) is 31.2 Å². The lowest BCUT2D eigenvalue weighted by molar-refractivity contribution is -0.118. The minimum absolute atomic E-state index is 0. The number of aliphatic hydroxyl groups excluding tert-OH is 2. The van der Waals surface area contributed by atoms with E-state index in [0.29, 0.717) is 41.9 Å². The Morgan fingerprint density at radius 1 is 0.585 bits per heavy atom. The van der Waals surface area contributed by atoms with Crippen molar-refractivity contribution < 1.29 is 43.8 Å². The number of primary amides is 1. The molecule has 0 aliphatic heterocycles. The molecule has 3 rings (SSSR count). The van der Waals surface area contributed by atoms with Gasteiger partial charge in [-0.25, -0.2) is 0 Å². The predicted molar refractivity (Wildman–Crippen MR) is 202 cm³/mol. The molecule has 0 radical (unpaired) electrons. The molecule has 0 bridgehead atoms. The number of nitrogens with two attached hydrogens (primary N) is 1. The van der Waals surface area contributed by atoms with Crippen LogP contribution in [0.15, 0.2) is 66.7 Å². The van der Waals surface area contributed by atoms with Gasteiger partial charge in [0, 0.05) is 71.7 Å². The molecule has 0 unspecified atom stereocenters. The van der Waals surface area contributed by atoms with Crippen LogP contribution in [-0.4, -0.2) is 84.3 Å². The Bertz CT molecular complexity index is 1560. The molecular weight excluding hydrogens is 684 g/mol. The van der Waals surface area contributed by atoms with Gasteiger partial charge >= 0.3 is 0 Å². The zero-order valence-corrected chi connectivity index (χ0v) is 29.3. The SMILES string of the molecule is C.CC(=O)c1cccc(NC(=O)CCCCC(=O)Nc2cccc(C(N)=O)c2)c1.CCCNC(=O)c1cc(C(=O)NCCO)cc(C(=O)NCCO)c1. The molecule has 6 amide bonds. The maximum absolute atomic E-state index is 12.1. The van der Waals surface area contributed by atoms with Gasteiger partial charge in [0.2, 0.25) is 17.7 Å². The molecule has 0 saturated heterocycles. The van der Waals surface area contributed by atoms with Crippen molar-refractivity contribution in [2.24, 2.45) is 5.73 Å². The maximum Gasteiger partial charge on any atom is 0.251 e. The fraction of sp³-hybridized carbons (Fsp3) is 0.342. The molecule has 286 valence electrons. The first-order valence-corrected chi connectivity index (χ1v) is 16.7. The molecule has 3 aromatic rings. The highest BCUT2D eigenvalue weighted by Gasteiger charge is 2.16. The summed E-state index contributed by atoms with van der Waals surface area (Å²) in [6.45, 7) is 3.56. The van der Waals surface area contributed by atoms with Gasteiger partial charge in [-0.2, -0.15) is 0 Å². The van der Waals surface area contributed by atoms with E-state index in [4.69, 9.17) is 15.9 Å². The fourth-order valence-electron chi connectivity index (χ4n) is 4.49. The average Bonchev–Trinajstić information content (AvgIpc) is 3.13. The van der Waals surface area contributed by atoms with Gasteiger partial charge in [0.15, 0.2) is 5.78 Å². The first kappa shape index (κ1) is 45.1. The Morgan fingerprint density at radius 3 is 1.36 bits per heavy atom. The van der Waals surface area contributed by atoms with Gasteiger partial charge in [-0.1, -0.05) is 32.5 Å². The molecule has 3 aromatic carbocycles. The van der Waals surface area contributed by atoms with Crippen molar-refractivity contribution in [3.8, 4) is 0 Å². The summed E-state index contributed by atoms with van der Waals surface area (Å²) in [7, 11) is 0. The van der Waals surface area contributed by atoms with E-state index in [2.05, 4.69) is 26.6 Å². The second kappa shape index (κ2) is 24.3. The number of amides is 6. The molecule has 0 saturated carbocycles. The maximum atomic E-state index is 12.1. The van der Waals surface area contributed by atoms with Crippen LogP contribution in [0.3, 0.4) is 0 Å². The minimum Gasteiger partial charge on any atom is -0.395 e. The molecule has 0 aliphatic rings. The minimum atomic E-state index is -0.559. The normalized spacial score (nSPS) is 9.96. The van der Waals surface area contributed by atoms with E-state index >= 15 is 0 Å². The second-order valence-electron chi connectivity index (χ2n) is 11.4. The zero-order chi connectivity index (χ0) is 38.5. The third kappa shape index (κ3) is 16.8. The van der Waals surface area contributed by atoms with Crippen LogP contribution in [0.4, 0.5) is 11.4 Å². The second-order valence-corrected chi connectivity index (χ2v) is 11.4. The number of hydrogen-bond acceptors (Lipinski definition) is 9. The molecule has 9 N–H and O–H groups in total. The smallest absolute Gasteiger partial charge is 0.251 e. The molecule has 53 heavy (non-hydrogen) atoms. The number of ketones is 1. The molecule has 0 fully saturated rings. The van der Waals surface area contributed by atoms with Crippen LogP contribution in [0.25, 0.3) is 0 Å². The van der Waals surface area contributed by atoms with E-state index < -0.39 is 17.7 Å². The van der Waals surface area contributed by atoms with Crippen LogP contribution in [-0.2, 0) is 9.59 Å². The van der Waals surface area contributed by atoms with E-state index in [9.17, 15) is 33.6 Å². The Balaban J connectivity index is 0.000000527. The highest BCUT2D eigenvalue weighted by atomic mass is 16.3. The summed E-state index contributed by atoms with van der Waals surface area (Å²) >= 11 is 0. The highest BCUT2D eigenvalue weighted by Crippen LogP contribution is 2.14. The lowest BCUT2D eigenvalue weighted by Gasteiger charge is -2.10. The summed E-state index contributed by atoms with van der Waals surface area (Å²) in [4.78, 5) is 82.7. The Hall–Kier alpha value is -5.93. The molecule has 0 atom stereocenters. The van der Waals surface area contributed by atoms with Gasteiger partial charge in [0.25, 0.3) is 17.7 Å². The monoisotopic (exact) mass is 734 g/mol. The number of aliphatic hydroxyl groups is 2. The van der Waals surface area contributed by atoms with Gasteiger partial charge in [-0.15, -0.1) is 0 Å². The number of unbranched alkanes of at least 4 members (excludes halogenated alkanes) is 1. The van der Waals surface area contributed by atoms with Crippen molar-refractivity contribution >= 4 is 52.6 Å². The number of rotatable bonds is 18. The summed E-state index contributed by atoms with van der Waals surface area (Å²) in [5.74, 6) is -2.37. The third-order valence-electron chi connectivity index (χ3n) is 7.09. The number of hydrogen-bond donors (Lipinski definition) is 8. The zero-order valence-electron chi connectivity index (χ0n) is 29.3. The first-order valence-electron chi connectivity index (χ1n) is 16.7. The number of carbonyl (C=O) groups is 7. The van der Waals surface area contributed by atoms with Crippen molar-refractivity contribution in [2.75, 3.05) is 43.5 Å². The summed E-state index contributed by atoms with van der Waals surface area (Å²) in [5.41, 5.74) is 7.62. The van der Waals surface area contributed by atoms with Crippen LogP contribution in [0, 0.1) is 0 Å². The van der Waals surface area contributed by atoms with Gasteiger partial charge < -0.3 is 42.5 Å². The highest BCUT2D eigenvalue weighted by molar-refractivity contribution is 6.04. The summed E-state index contributed by atoms with van der Waals surface area (Å²) < 4.78 is 0. The van der Waals surface area contributed by atoms with E-state index in [1.54, 1.807) is 42.5 Å². The Labute approximate surface area is 309 Å². The van der Waals surface area contributed by atoms with E-state index in [0.717, 1.165) is 6.42 Å². The third-order valence-corrected chi connectivity index (χ3v) is 7.09. The van der Waals surface area contributed by atoms with Crippen LogP contribution in [0.1, 0.15) is 105 Å². The van der Waals surface area contributed by atoms with Crippen molar-refractivity contribution in [1.29, 1.82) is 0 Å². The van der Waals surface area contributed by atoms with Crippen molar-refractivity contribution in [1.82, 2.24) is 16.0 Å². The number of benzene rings is 3. The number of nitrogens with one attached hydrogen (secondary N) is 5. The van der Waals surface area contributed by atoms with Crippen molar-refractivity contribution in [2.45, 2.75) is 53.4 Å². The largest absolute Gasteiger partial charge is 0.395 e. The van der Waals surface area contributed by atoms with E-state index in [1.807, 2.05) is 6.92 Å². The predicted octanol–water partition coefficient (Wildman–Crippen LogP) is 3.03. The summed E-state index contributed by atoms with van der Waals surface area (Å²) in [6, 6.07) is 17.3. The van der Waals surface area contributed by atoms with Crippen molar-refractivity contribution in [3.63, 3.8) is 0 Å². The van der Waals surface area contributed by atoms with Gasteiger partial charge in [-0.3, -0.25) is 33.6 Å². The van der Waals surface area contributed by atoms with Crippen LogP contribution in [0.5, 0.6) is 0 Å². The van der Waals surface area contributed by atoms with Gasteiger partial charge in [0.1, 0.15) is 0 Å². The van der Waals surface area contributed by atoms with Crippen LogP contribution >= 0.6 is 0 Å². The number of carbonyl (C=O) groups excluding carboxylic acids is 7. The van der Waals surface area contributed by atoms with E-state index in [-0.39, 0.29) is 86.8 Å². The molecule has 0 aromatic heterocycles. The quantitative estimate of drug-likeness (QED) is 0.0706. The average molecular weight is 735 g/mol. The van der Waals surface area contributed by atoms with Crippen molar-refractivity contribution in [3.05, 3.63) is 94.5 Å². The lowest BCUT2D eigenvalue weighted by Crippen LogP contribution is -2.30. The molecule has 15 heteroatoms. The fourth-order valence-corrected chi connectivity index (χ4v) is 4.49. The number of Topliss-reactive ketones (excluding diaryl/α,β-unsaturated/α-hetero) is 1. The Morgan fingerprint density at radius 2 is 0.981 bits per heavy atom. The molecule has 15 nitrogen and oxygen atoms in total. The number of anilines is 2. The topological polar surface area (TPSA) is 246 Å². The van der Waals surface area contributed by atoms with Gasteiger partial charge in [-0.05, 0) is 74.7 Å². The first-order chi connectivity index (χ1) is 24.9. The molecule has 0 aliphatic carbocycles. The molecular formula is C38H50N6O9. The Kier molecular flexibility index (Phi) is 20.7. The van der Waals surface area contributed by atoms with Crippen LogP contribution in [0.2, 0.25) is 0 Å². The lowest BCUT2D eigenvalue weighted by atomic mass is 10.0. The summed E-state index contributed by atoms with van der Waals surface area (Å²) in [6.07, 6.45) is 2.38. The summed E-state index contributed by atoms with van der Waals surface area (Å²) in [5, 5.41) is 30.6. The van der Waals surface area contributed by atoms with Crippen LogP contribution < -0.4 is 32.3 Å².